The molecular formula is C14H20N4O3. The number of carbonyl (C=O) groups excluding carboxylic acids is 1. The maximum atomic E-state index is 12.1. The van der Waals surface area contributed by atoms with Gasteiger partial charge in [0.25, 0.3) is 5.56 Å². The molecule has 0 aliphatic carbocycles. The molecule has 21 heavy (non-hydrogen) atoms. The predicted molar refractivity (Wildman–Crippen MR) is 77.7 cm³/mol. The maximum absolute atomic E-state index is 12.1. The smallest absolute Gasteiger partial charge is 0.330 e. The van der Waals surface area contributed by atoms with Crippen molar-refractivity contribution in [3.63, 3.8) is 0 Å². The third kappa shape index (κ3) is 4.60. The third-order valence-electron chi connectivity index (χ3n) is 3.14. The molecule has 1 amide bonds. The molecule has 1 aromatic heterocycles. The van der Waals surface area contributed by atoms with Crippen LogP contribution in [0.1, 0.15) is 26.2 Å². The second kappa shape index (κ2) is 8.04. The molecule has 0 spiro atoms. The van der Waals surface area contributed by atoms with Crippen LogP contribution >= 0.6 is 0 Å². The van der Waals surface area contributed by atoms with Gasteiger partial charge in [-0.1, -0.05) is 6.92 Å². The quantitative estimate of drug-likeness (QED) is 0.717. The van der Waals surface area contributed by atoms with E-state index in [1.54, 1.807) is 7.05 Å². The average Bonchev–Trinajstić information content (AvgIpc) is 2.47. The van der Waals surface area contributed by atoms with Crippen molar-refractivity contribution in [3.05, 3.63) is 33.1 Å². The van der Waals surface area contributed by atoms with Crippen molar-refractivity contribution in [2.24, 2.45) is 0 Å². The van der Waals surface area contributed by atoms with Crippen LogP contribution in [0.4, 0.5) is 0 Å². The van der Waals surface area contributed by atoms with Crippen LogP contribution in [0.2, 0.25) is 0 Å². The van der Waals surface area contributed by atoms with Crippen molar-refractivity contribution in [3.8, 4) is 6.07 Å². The van der Waals surface area contributed by atoms with Crippen LogP contribution in [-0.2, 0) is 17.9 Å². The minimum Gasteiger partial charge on any atom is -0.345 e. The van der Waals surface area contributed by atoms with Crippen molar-refractivity contribution in [2.75, 3.05) is 13.6 Å². The number of rotatable bonds is 7. The topological polar surface area (TPSA) is 88.1 Å². The summed E-state index contributed by atoms with van der Waals surface area (Å²) in [6.07, 6.45) is 2.59. The number of nitrogens with zero attached hydrogens (tertiary/aromatic N) is 4. The molecular weight excluding hydrogens is 272 g/mol. The van der Waals surface area contributed by atoms with Crippen LogP contribution in [0.15, 0.2) is 21.9 Å². The van der Waals surface area contributed by atoms with E-state index in [1.807, 2.05) is 13.0 Å². The van der Waals surface area contributed by atoms with Crippen molar-refractivity contribution < 1.29 is 4.79 Å². The standard InChI is InChI=1S/C14H20N4O3/c1-3-8-17-10-5-13(20)18(14(17)21)11-6-12(19)16(2)9-4-7-15/h5,10H,3-4,6,8-9,11H2,1-2H3. The largest absolute Gasteiger partial charge is 0.345 e. The van der Waals surface area contributed by atoms with E-state index in [0.717, 1.165) is 11.0 Å². The molecule has 0 atom stereocenters. The molecule has 0 aromatic carbocycles. The molecule has 0 aliphatic rings. The summed E-state index contributed by atoms with van der Waals surface area (Å²) in [6.45, 7) is 2.88. The van der Waals surface area contributed by atoms with Crippen LogP contribution in [0.5, 0.6) is 0 Å². The lowest BCUT2D eigenvalue weighted by molar-refractivity contribution is -0.130. The first-order valence-corrected chi connectivity index (χ1v) is 6.92. The molecule has 1 rings (SSSR count). The van der Waals surface area contributed by atoms with Gasteiger partial charge in [-0.3, -0.25) is 14.2 Å². The van der Waals surface area contributed by atoms with Gasteiger partial charge >= 0.3 is 5.69 Å². The summed E-state index contributed by atoms with van der Waals surface area (Å²) in [4.78, 5) is 37.1. The highest BCUT2D eigenvalue weighted by Gasteiger charge is 2.11. The van der Waals surface area contributed by atoms with Crippen LogP contribution < -0.4 is 11.2 Å². The zero-order valence-electron chi connectivity index (χ0n) is 12.4. The zero-order valence-corrected chi connectivity index (χ0v) is 12.4. The first kappa shape index (κ1) is 16.7. The van der Waals surface area contributed by atoms with E-state index in [9.17, 15) is 14.4 Å². The Morgan fingerprint density at radius 3 is 2.71 bits per heavy atom. The second-order valence-corrected chi connectivity index (χ2v) is 4.75. The van der Waals surface area contributed by atoms with E-state index < -0.39 is 11.2 Å². The highest BCUT2D eigenvalue weighted by Crippen LogP contribution is 1.94. The first-order valence-electron chi connectivity index (χ1n) is 6.92. The third-order valence-corrected chi connectivity index (χ3v) is 3.14. The van der Waals surface area contributed by atoms with Gasteiger partial charge in [-0.25, -0.2) is 4.79 Å². The zero-order chi connectivity index (χ0) is 15.8. The lowest BCUT2D eigenvalue weighted by Crippen LogP contribution is -2.40. The van der Waals surface area contributed by atoms with Gasteiger partial charge in [0.15, 0.2) is 0 Å². The van der Waals surface area contributed by atoms with E-state index in [4.69, 9.17) is 5.26 Å². The molecule has 1 aromatic rings. The Balaban J connectivity index is 2.78. The van der Waals surface area contributed by atoms with Gasteiger partial charge in [0.2, 0.25) is 5.91 Å². The van der Waals surface area contributed by atoms with Crippen molar-refractivity contribution in [2.45, 2.75) is 39.3 Å². The Morgan fingerprint density at radius 2 is 2.10 bits per heavy atom. The monoisotopic (exact) mass is 292 g/mol. The van der Waals surface area contributed by atoms with Crippen LogP contribution in [-0.4, -0.2) is 33.5 Å². The molecule has 0 N–H and O–H groups in total. The number of amides is 1. The minimum atomic E-state index is -0.403. The Hall–Kier alpha value is -2.36. The van der Waals surface area contributed by atoms with Gasteiger partial charge in [-0.05, 0) is 6.42 Å². The van der Waals surface area contributed by atoms with Crippen LogP contribution in [0, 0.1) is 11.3 Å². The van der Waals surface area contributed by atoms with Gasteiger partial charge < -0.3 is 9.47 Å². The predicted octanol–water partition coefficient (Wildman–Crippen LogP) is 0.182. The second-order valence-electron chi connectivity index (χ2n) is 4.75. The van der Waals surface area contributed by atoms with Gasteiger partial charge in [-0.15, -0.1) is 0 Å². The number of aryl methyl sites for hydroxylation is 1. The number of carbonyl (C=O) groups is 1. The molecule has 0 unspecified atom stereocenters. The normalized spacial score (nSPS) is 10.1. The van der Waals surface area contributed by atoms with Gasteiger partial charge in [0.05, 0.1) is 12.5 Å². The Bertz CT molecular complexity index is 639. The fourth-order valence-corrected chi connectivity index (χ4v) is 1.91. The SMILES string of the molecule is CCCn1ccc(=O)n(CCC(=O)N(C)CCC#N)c1=O. The molecule has 0 fully saturated rings. The molecule has 7 nitrogen and oxygen atoms in total. The summed E-state index contributed by atoms with van der Waals surface area (Å²) in [6, 6.07) is 3.30. The summed E-state index contributed by atoms with van der Waals surface area (Å²) < 4.78 is 2.54. The molecule has 0 saturated heterocycles. The van der Waals surface area contributed by atoms with Crippen molar-refractivity contribution in [1.82, 2.24) is 14.0 Å². The van der Waals surface area contributed by atoms with Gasteiger partial charge in [0, 0.05) is 45.4 Å². The summed E-state index contributed by atoms with van der Waals surface area (Å²) in [5.74, 6) is -0.192. The fourth-order valence-electron chi connectivity index (χ4n) is 1.91. The van der Waals surface area contributed by atoms with E-state index in [0.29, 0.717) is 13.1 Å². The molecule has 0 saturated carbocycles. The fraction of sp³-hybridized carbons (Fsp3) is 0.571. The molecule has 114 valence electrons. The highest BCUT2D eigenvalue weighted by atomic mass is 16.2. The maximum Gasteiger partial charge on any atom is 0.330 e. The number of nitriles is 1. The number of hydrogen-bond donors (Lipinski definition) is 0. The molecule has 0 bridgehead atoms. The molecule has 1 heterocycles. The highest BCUT2D eigenvalue weighted by molar-refractivity contribution is 5.75. The minimum absolute atomic E-state index is 0.0535. The average molecular weight is 292 g/mol. The number of hydrogen-bond acceptors (Lipinski definition) is 4. The Labute approximate surface area is 123 Å². The summed E-state index contributed by atoms with van der Waals surface area (Å²) in [5.41, 5.74) is -0.795. The van der Waals surface area contributed by atoms with E-state index in [-0.39, 0.29) is 25.3 Å². The van der Waals surface area contributed by atoms with Crippen molar-refractivity contribution in [1.29, 1.82) is 5.26 Å². The molecule has 0 aliphatic heterocycles. The van der Waals surface area contributed by atoms with Crippen LogP contribution in [0.3, 0.4) is 0 Å². The number of aromatic nitrogens is 2. The summed E-state index contributed by atoms with van der Waals surface area (Å²) in [7, 11) is 1.60. The molecule has 7 heteroatoms. The van der Waals surface area contributed by atoms with E-state index in [1.165, 1.54) is 21.7 Å². The Morgan fingerprint density at radius 1 is 1.38 bits per heavy atom. The summed E-state index contributed by atoms with van der Waals surface area (Å²) >= 11 is 0. The van der Waals surface area contributed by atoms with Crippen LogP contribution in [0.25, 0.3) is 0 Å². The van der Waals surface area contributed by atoms with Gasteiger partial charge in [0.1, 0.15) is 0 Å². The lowest BCUT2D eigenvalue weighted by atomic mass is 10.3. The summed E-state index contributed by atoms with van der Waals surface area (Å²) in [5, 5.41) is 8.48. The van der Waals surface area contributed by atoms with E-state index >= 15 is 0 Å². The Kier molecular flexibility index (Phi) is 6.40. The first-order chi connectivity index (χ1) is 10.0. The van der Waals surface area contributed by atoms with E-state index in [2.05, 4.69) is 0 Å². The van der Waals surface area contributed by atoms with Crippen molar-refractivity contribution >= 4 is 5.91 Å². The van der Waals surface area contributed by atoms with Gasteiger partial charge in [-0.2, -0.15) is 5.26 Å². The lowest BCUT2D eigenvalue weighted by Gasteiger charge is -2.15. The molecule has 0 radical (unpaired) electrons.